The van der Waals surface area contributed by atoms with Crippen molar-refractivity contribution >= 4 is 16.0 Å². The van der Waals surface area contributed by atoms with Crippen LogP contribution in [0.1, 0.15) is 27.2 Å². The molecule has 1 fully saturated rings. The molecule has 0 aromatic carbocycles. The number of nitrogens with zero attached hydrogens (tertiary/aromatic N) is 1. The summed E-state index contributed by atoms with van der Waals surface area (Å²) in [7, 11) is -3.39. The number of carboxylic acid groups (broad SMARTS) is 1. The molecule has 0 spiro atoms. The van der Waals surface area contributed by atoms with Gasteiger partial charge in [-0.1, -0.05) is 20.8 Å². The van der Waals surface area contributed by atoms with E-state index < -0.39 is 22.1 Å². The molecule has 106 valence electrons. The van der Waals surface area contributed by atoms with Gasteiger partial charge in [0, 0.05) is 6.54 Å². The molecule has 7 heteroatoms. The molecular weight excluding hydrogens is 258 g/mol. The minimum Gasteiger partial charge on any atom is -0.479 e. The van der Waals surface area contributed by atoms with Gasteiger partial charge in [-0.25, -0.2) is 13.2 Å². The van der Waals surface area contributed by atoms with Gasteiger partial charge < -0.3 is 9.84 Å². The Morgan fingerprint density at radius 3 is 2.56 bits per heavy atom. The number of hydrogen-bond donors (Lipinski definition) is 1. The van der Waals surface area contributed by atoms with Crippen LogP contribution >= 0.6 is 0 Å². The molecule has 0 radical (unpaired) electrons. The third kappa shape index (κ3) is 4.55. The Labute approximate surface area is 108 Å². The fraction of sp³-hybridized carbons (Fsp3) is 0.909. The number of carbonyl (C=O) groups is 1. The van der Waals surface area contributed by atoms with E-state index >= 15 is 0 Å². The molecule has 0 aromatic heterocycles. The molecule has 6 nitrogen and oxygen atoms in total. The Kier molecular flexibility index (Phi) is 4.74. The van der Waals surface area contributed by atoms with E-state index in [9.17, 15) is 13.2 Å². The summed E-state index contributed by atoms with van der Waals surface area (Å²) in [5.41, 5.74) is -0.0639. The lowest BCUT2D eigenvalue weighted by molar-refractivity contribution is -0.153. The van der Waals surface area contributed by atoms with Crippen molar-refractivity contribution in [1.29, 1.82) is 0 Å². The van der Waals surface area contributed by atoms with E-state index in [-0.39, 0.29) is 30.9 Å². The summed E-state index contributed by atoms with van der Waals surface area (Å²) >= 11 is 0. The Bertz CT molecular complexity index is 398. The first kappa shape index (κ1) is 15.4. The molecule has 1 aliphatic rings. The van der Waals surface area contributed by atoms with Crippen molar-refractivity contribution in [2.24, 2.45) is 5.41 Å². The second kappa shape index (κ2) is 5.54. The van der Waals surface area contributed by atoms with Crippen LogP contribution in [0.2, 0.25) is 0 Å². The van der Waals surface area contributed by atoms with Gasteiger partial charge in [0.2, 0.25) is 10.0 Å². The summed E-state index contributed by atoms with van der Waals surface area (Å²) in [6.45, 7) is 6.19. The predicted octanol–water partition coefficient (Wildman–Crippen LogP) is 0.538. The third-order valence-electron chi connectivity index (χ3n) is 2.81. The number of aliphatic carboxylic acids is 1. The van der Waals surface area contributed by atoms with Crippen LogP contribution in [0.25, 0.3) is 0 Å². The van der Waals surface area contributed by atoms with Crippen LogP contribution in [0.5, 0.6) is 0 Å². The highest BCUT2D eigenvalue weighted by atomic mass is 32.2. The van der Waals surface area contributed by atoms with Crippen LogP contribution in [0.3, 0.4) is 0 Å². The van der Waals surface area contributed by atoms with Crippen LogP contribution in [0, 0.1) is 5.41 Å². The molecule has 1 aliphatic heterocycles. The molecule has 1 rings (SSSR count). The summed E-state index contributed by atoms with van der Waals surface area (Å²) in [5, 5.41) is 8.83. The standard InChI is InChI=1S/C11H21NO5S/c1-11(2,3)4-7-18(15,16)12-5-6-17-9(8-12)10(13)14/h9H,4-8H2,1-3H3,(H,13,14). The van der Waals surface area contributed by atoms with Gasteiger partial charge in [-0.3, -0.25) is 0 Å². The maximum absolute atomic E-state index is 12.1. The topological polar surface area (TPSA) is 83.9 Å². The van der Waals surface area contributed by atoms with Gasteiger partial charge in [-0.2, -0.15) is 4.31 Å². The van der Waals surface area contributed by atoms with Gasteiger partial charge in [0.15, 0.2) is 6.10 Å². The normalized spacial score (nSPS) is 22.9. The molecule has 0 bridgehead atoms. The maximum atomic E-state index is 12.1. The number of rotatable bonds is 4. The Morgan fingerprint density at radius 2 is 2.06 bits per heavy atom. The first-order valence-electron chi connectivity index (χ1n) is 5.94. The highest BCUT2D eigenvalue weighted by Gasteiger charge is 2.33. The molecular formula is C11H21NO5S. The van der Waals surface area contributed by atoms with Crippen LogP contribution in [0.4, 0.5) is 0 Å². The van der Waals surface area contributed by atoms with Crippen molar-refractivity contribution in [3.8, 4) is 0 Å². The summed E-state index contributed by atoms with van der Waals surface area (Å²) in [6.07, 6.45) is -0.507. The van der Waals surface area contributed by atoms with Gasteiger partial charge in [-0.05, 0) is 11.8 Å². The fourth-order valence-electron chi connectivity index (χ4n) is 1.59. The fourth-order valence-corrected chi connectivity index (χ4v) is 3.44. The van der Waals surface area contributed by atoms with E-state index in [0.717, 1.165) is 0 Å². The Morgan fingerprint density at radius 1 is 1.44 bits per heavy atom. The average Bonchev–Trinajstić information content (AvgIpc) is 2.26. The van der Waals surface area contributed by atoms with Crippen LogP contribution in [0.15, 0.2) is 0 Å². The van der Waals surface area contributed by atoms with Crippen molar-refractivity contribution in [1.82, 2.24) is 4.31 Å². The summed E-state index contributed by atoms with van der Waals surface area (Å²) in [6, 6.07) is 0. The number of sulfonamides is 1. The Hall–Kier alpha value is -0.660. The predicted molar refractivity (Wildman–Crippen MR) is 66.8 cm³/mol. The van der Waals surface area contributed by atoms with E-state index in [1.54, 1.807) is 0 Å². The maximum Gasteiger partial charge on any atom is 0.334 e. The van der Waals surface area contributed by atoms with Crippen molar-refractivity contribution in [3.05, 3.63) is 0 Å². The van der Waals surface area contributed by atoms with Crippen molar-refractivity contribution in [2.45, 2.75) is 33.3 Å². The van der Waals surface area contributed by atoms with Crippen LogP contribution in [-0.2, 0) is 19.6 Å². The zero-order chi connectivity index (χ0) is 14.0. The smallest absolute Gasteiger partial charge is 0.334 e. The second-order valence-corrected chi connectivity index (χ2v) is 7.77. The average molecular weight is 279 g/mol. The lowest BCUT2D eigenvalue weighted by Crippen LogP contribution is -2.49. The summed E-state index contributed by atoms with van der Waals surface area (Å²) in [4.78, 5) is 10.8. The Balaban J connectivity index is 2.64. The van der Waals surface area contributed by atoms with Gasteiger partial charge in [0.1, 0.15) is 0 Å². The van der Waals surface area contributed by atoms with Crippen LogP contribution < -0.4 is 0 Å². The van der Waals surface area contributed by atoms with Crippen molar-refractivity contribution in [3.63, 3.8) is 0 Å². The number of carboxylic acids is 1. The third-order valence-corrected chi connectivity index (χ3v) is 4.65. The zero-order valence-corrected chi connectivity index (χ0v) is 11.9. The zero-order valence-electron chi connectivity index (χ0n) is 11.0. The molecule has 0 saturated carbocycles. The highest BCUT2D eigenvalue weighted by molar-refractivity contribution is 7.89. The molecule has 1 N–H and O–H groups in total. The molecule has 1 saturated heterocycles. The largest absolute Gasteiger partial charge is 0.479 e. The highest BCUT2D eigenvalue weighted by Crippen LogP contribution is 2.21. The summed E-state index contributed by atoms with van der Waals surface area (Å²) < 4.78 is 30.4. The van der Waals surface area contributed by atoms with E-state index in [2.05, 4.69) is 0 Å². The molecule has 0 aromatic rings. The first-order chi connectivity index (χ1) is 8.12. The van der Waals surface area contributed by atoms with Gasteiger partial charge in [-0.15, -0.1) is 0 Å². The lowest BCUT2D eigenvalue weighted by atomic mass is 9.94. The molecule has 1 heterocycles. The van der Waals surface area contributed by atoms with E-state index in [4.69, 9.17) is 9.84 Å². The number of ether oxygens (including phenoxy) is 1. The molecule has 1 unspecified atom stereocenters. The minimum atomic E-state index is -3.39. The first-order valence-corrected chi connectivity index (χ1v) is 7.55. The number of hydrogen-bond acceptors (Lipinski definition) is 4. The molecule has 18 heavy (non-hydrogen) atoms. The summed E-state index contributed by atoms with van der Waals surface area (Å²) in [5.74, 6) is -1.08. The SMILES string of the molecule is CC(C)(C)CCS(=O)(=O)N1CCOC(C(=O)O)C1. The van der Waals surface area contributed by atoms with E-state index in [1.807, 2.05) is 20.8 Å². The van der Waals surface area contributed by atoms with Crippen LogP contribution in [-0.4, -0.2) is 55.4 Å². The molecule has 1 atom stereocenters. The quantitative estimate of drug-likeness (QED) is 0.812. The lowest BCUT2D eigenvalue weighted by Gasteiger charge is -2.30. The van der Waals surface area contributed by atoms with Gasteiger partial charge in [0.25, 0.3) is 0 Å². The molecule has 0 aliphatic carbocycles. The van der Waals surface area contributed by atoms with Gasteiger partial charge >= 0.3 is 5.97 Å². The van der Waals surface area contributed by atoms with Gasteiger partial charge in [0.05, 0.1) is 18.9 Å². The second-order valence-electron chi connectivity index (χ2n) is 5.68. The van der Waals surface area contributed by atoms with E-state index in [0.29, 0.717) is 6.42 Å². The van der Waals surface area contributed by atoms with Crippen molar-refractivity contribution < 1.29 is 23.1 Å². The van der Waals surface area contributed by atoms with Crippen molar-refractivity contribution in [2.75, 3.05) is 25.4 Å². The monoisotopic (exact) mass is 279 g/mol. The molecule has 0 amide bonds. The van der Waals surface area contributed by atoms with E-state index in [1.165, 1.54) is 4.31 Å². The minimum absolute atomic E-state index is 0.0445. The number of morpholine rings is 1.